The first kappa shape index (κ1) is 14.2. The second kappa shape index (κ2) is 6.78. The molecular formula is C17H22FN3+2. The van der Waals surface area contributed by atoms with E-state index < -0.39 is 0 Å². The first-order chi connectivity index (χ1) is 10.3. The summed E-state index contributed by atoms with van der Waals surface area (Å²) in [7, 11) is 0. The lowest BCUT2D eigenvalue weighted by molar-refractivity contribution is -1.02. The highest BCUT2D eigenvalue weighted by Gasteiger charge is 2.23. The molecule has 0 amide bonds. The lowest BCUT2D eigenvalue weighted by Gasteiger charge is -2.29. The molecule has 0 unspecified atom stereocenters. The van der Waals surface area contributed by atoms with E-state index in [2.05, 4.69) is 11.1 Å². The average Bonchev–Trinajstić information content (AvgIpc) is 2.50. The zero-order chi connectivity index (χ0) is 14.5. The maximum Gasteiger partial charge on any atom is 0.127 e. The van der Waals surface area contributed by atoms with E-state index in [0.29, 0.717) is 0 Å². The normalized spacial score (nSPS) is 22.1. The molecule has 0 radical (unpaired) electrons. The predicted octanol–water partition coefficient (Wildman–Crippen LogP) is -0.296. The quantitative estimate of drug-likeness (QED) is 0.792. The zero-order valence-electron chi connectivity index (χ0n) is 12.2. The Morgan fingerprint density at radius 3 is 2.19 bits per heavy atom. The first-order valence-corrected chi connectivity index (χ1v) is 7.60. The Labute approximate surface area is 125 Å². The van der Waals surface area contributed by atoms with Crippen LogP contribution in [0.3, 0.4) is 0 Å². The van der Waals surface area contributed by atoms with Crippen LogP contribution in [0.1, 0.15) is 11.1 Å². The fourth-order valence-electron chi connectivity index (χ4n) is 3.04. The van der Waals surface area contributed by atoms with E-state index in [4.69, 9.17) is 0 Å². The lowest BCUT2D eigenvalue weighted by Crippen LogP contribution is -3.27. The Morgan fingerprint density at radius 2 is 1.57 bits per heavy atom. The molecule has 4 heteroatoms. The molecule has 1 saturated heterocycles. The van der Waals surface area contributed by atoms with Crippen LogP contribution < -0.4 is 9.80 Å². The van der Waals surface area contributed by atoms with Gasteiger partial charge in [0.25, 0.3) is 0 Å². The number of rotatable bonds is 4. The van der Waals surface area contributed by atoms with Crippen molar-refractivity contribution in [3.05, 3.63) is 65.7 Å². The minimum Gasteiger partial charge on any atom is -0.322 e. The van der Waals surface area contributed by atoms with Gasteiger partial charge in [-0.3, -0.25) is 4.98 Å². The molecule has 110 valence electrons. The molecule has 1 aliphatic rings. The van der Waals surface area contributed by atoms with Crippen LogP contribution in [0.4, 0.5) is 4.39 Å². The van der Waals surface area contributed by atoms with Crippen LogP contribution in [-0.4, -0.2) is 31.2 Å². The van der Waals surface area contributed by atoms with Crippen LogP contribution in [0, 0.1) is 5.82 Å². The van der Waals surface area contributed by atoms with Crippen LogP contribution in [0.5, 0.6) is 0 Å². The number of halogens is 1. The number of aromatic nitrogens is 1. The van der Waals surface area contributed by atoms with E-state index in [9.17, 15) is 4.39 Å². The summed E-state index contributed by atoms with van der Waals surface area (Å²) in [4.78, 5) is 7.34. The summed E-state index contributed by atoms with van der Waals surface area (Å²) in [5.41, 5.74) is 2.40. The van der Waals surface area contributed by atoms with E-state index >= 15 is 0 Å². The number of hydrogen-bond acceptors (Lipinski definition) is 1. The van der Waals surface area contributed by atoms with Gasteiger partial charge < -0.3 is 9.80 Å². The highest BCUT2D eigenvalue weighted by molar-refractivity contribution is 5.15. The monoisotopic (exact) mass is 287 g/mol. The SMILES string of the molecule is Fc1cccc(C[NH+]2CC[NH+](Cc3cccnc3)CC2)c1. The second-order valence-electron chi connectivity index (χ2n) is 5.84. The molecule has 1 aromatic carbocycles. The van der Waals surface area contributed by atoms with Gasteiger partial charge in [-0.05, 0) is 18.2 Å². The summed E-state index contributed by atoms with van der Waals surface area (Å²) in [5, 5.41) is 0. The molecule has 0 bridgehead atoms. The third-order valence-corrected chi connectivity index (χ3v) is 4.18. The third-order valence-electron chi connectivity index (χ3n) is 4.18. The maximum absolute atomic E-state index is 13.2. The number of hydrogen-bond donors (Lipinski definition) is 2. The molecule has 2 heterocycles. The van der Waals surface area contributed by atoms with Crippen molar-refractivity contribution in [2.75, 3.05) is 26.2 Å². The number of nitrogens with one attached hydrogen (secondary N) is 2. The van der Waals surface area contributed by atoms with E-state index in [-0.39, 0.29) is 5.82 Å². The van der Waals surface area contributed by atoms with Gasteiger partial charge in [-0.1, -0.05) is 18.2 Å². The first-order valence-electron chi connectivity index (χ1n) is 7.60. The molecule has 0 saturated carbocycles. The largest absolute Gasteiger partial charge is 0.322 e. The van der Waals surface area contributed by atoms with Crippen molar-refractivity contribution in [2.24, 2.45) is 0 Å². The summed E-state index contributed by atoms with van der Waals surface area (Å²) in [5.74, 6) is -0.132. The number of benzene rings is 1. The van der Waals surface area contributed by atoms with E-state index in [0.717, 1.165) is 31.7 Å². The van der Waals surface area contributed by atoms with Gasteiger partial charge in [0.05, 0.1) is 0 Å². The molecule has 3 nitrogen and oxygen atoms in total. The van der Waals surface area contributed by atoms with Gasteiger partial charge >= 0.3 is 0 Å². The van der Waals surface area contributed by atoms with Gasteiger partial charge in [0, 0.05) is 23.5 Å². The molecule has 0 spiro atoms. The minimum atomic E-state index is -0.132. The van der Waals surface area contributed by atoms with Crippen molar-refractivity contribution < 1.29 is 14.2 Å². The fourth-order valence-corrected chi connectivity index (χ4v) is 3.04. The van der Waals surface area contributed by atoms with Crippen molar-refractivity contribution in [2.45, 2.75) is 13.1 Å². The molecule has 1 aliphatic heterocycles. The van der Waals surface area contributed by atoms with E-state index in [1.165, 1.54) is 24.7 Å². The average molecular weight is 287 g/mol. The Morgan fingerprint density at radius 1 is 0.905 bits per heavy atom. The standard InChI is InChI=1S/C17H20FN3/c18-17-5-1-3-15(11-17)13-20-7-9-21(10-8-20)14-16-4-2-6-19-12-16/h1-6,11-12H,7-10,13-14H2/p+2. The van der Waals surface area contributed by atoms with Crippen LogP contribution in [0.2, 0.25) is 0 Å². The van der Waals surface area contributed by atoms with Crippen molar-refractivity contribution in [1.82, 2.24) is 4.98 Å². The molecule has 0 atom stereocenters. The fraction of sp³-hybridized carbons (Fsp3) is 0.353. The number of piperazine rings is 1. The smallest absolute Gasteiger partial charge is 0.127 e. The summed E-state index contributed by atoms with van der Waals surface area (Å²) in [6.07, 6.45) is 3.78. The third kappa shape index (κ3) is 4.09. The lowest BCUT2D eigenvalue weighted by atomic mass is 10.2. The molecule has 21 heavy (non-hydrogen) atoms. The van der Waals surface area contributed by atoms with Crippen molar-refractivity contribution >= 4 is 0 Å². The molecule has 1 aromatic heterocycles. The summed E-state index contributed by atoms with van der Waals surface area (Å²) < 4.78 is 13.2. The van der Waals surface area contributed by atoms with Gasteiger partial charge in [0.2, 0.25) is 0 Å². The zero-order valence-corrected chi connectivity index (χ0v) is 12.2. The van der Waals surface area contributed by atoms with Crippen LogP contribution in [0.25, 0.3) is 0 Å². The van der Waals surface area contributed by atoms with Gasteiger partial charge in [-0.15, -0.1) is 0 Å². The van der Waals surface area contributed by atoms with Crippen LogP contribution in [0.15, 0.2) is 48.8 Å². The summed E-state index contributed by atoms with van der Waals surface area (Å²) >= 11 is 0. The number of quaternary nitrogens is 2. The minimum absolute atomic E-state index is 0.132. The summed E-state index contributed by atoms with van der Waals surface area (Å²) in [6, 6.07) is 11.1. The summed E-state index contributed by atoms with van der Waals surface area (Å²) in [6.45, 7) is 6.61. The number of pyridine rings is 1. The number of nitrogens with zero attached hydrogens (tertiary/aromatic N) is 1. The molecule has 3 rings (SSSR count). The molecule has 1 fully saturated rings. The maximum atomic E-state index is 13.2. The van der Waals surface area contributed by atoms with Crippen molar-refractivity contribution in [3.63, 3.8) is 0 Å². The Bertz CT molecular complexity index is 565. The highest BCUT2D eigenvalue weighted by atomic mass is 19.1. The Hall–Kier alpha value is -1.78. The van der Waals surface area contributed by atoms with Crippen molar-refractivity contribution in [1.29, 1.82) is 0 Å². The molecular weight excluding hydrogens is 265 g/mol. The topological polar surface area (TPSA) is 21.8 Å². The van der Waals surface area contributed by atoms with Gasteiger partial charge in [-0.2, -0.15) is 0 Å². The second-order valence-corrected chi connectivity index (χ2v) is 5.84. The highest BCUT2D eigenvalue weighted by Crippen LogP contribution is 2.01. The van der Waals surface area contributed by atoms with Gasteiger partial charge in [0.1, 0.15) is 45.1 Å². The molecule has 0 aliphatic carbocycles. The Kier molecular flexibility index (Phi) is 4.58. The van der Waals surface area contributed by atoms with Crippen LogP contribution >= 0.6 is 0 Å². The molecule has 2 aromatic rings. The molecule has 2 N–H and O–H groups in total. The van der Waals surface area contributed by atoms with E-state index in [1.54, 1.807) is 21.9 Å². The van der Waals surface area contributed by atoms with E-state index in [1.807, 2.05) is 24.5 Å². The van der Waals surface area contributed by atoms with Gasteiger partial charge in [0.15, 0.2) is 0 Å². The van der Waals surface area contributed by atoms with Crippen molar-refractivity contribution in [3.8, 4) is 0 Å². The Balaban J connectivity index is 1.49. The predicted molar refractivity (Wildman–Crippen MR) is 79.4 cm³/mol. The van der Waals surface area contributed by atoms with Crippen LogP contribution in [-0.2, 0) is 13.1 Å². The van der Waals surface area contributed by atoms with Gasteiger partial charge in [-0.25, -0.2) is 4.39 Å².